The zero-order valence-corrected chi connectivity index (χ0v) is 42.3. The van der Waals surface area contributed by atoms with Gasteiger partial charge in [-0.3, -0.25) is 0 Å². The van der Waals surface area contributed by atoms with Crippen molar-refractivity contribution in [2.45, 2.75) is 17.3 Å². The second-order valence-corrected chi connectivity index (χ2v) is 21.7. The summed E-state index contributed by atoms with van der Waals surface area (Å²) < 4.78 is 72.6. The molecule has 3 saturated heterocycles. The molecule has 0 spiro atoms. The predicted octanol–water partition coefficient (Wildman–Crippen LogP) is 0.209. The Morgan fingerprint density at radius 1 is 0.493 bits per heavy atom. The van der Waals surface area contributed by atoms with Crippen molar-refractivity contribution in [1.29, 1.82) is 0 Å². The second kappa shape index (κ2) is 25.2. The fourth-order valence-electron chi connectivity index (χ4n) is 7.44. The third kappa shape index (κ3) is 18.6. The molecule has 3 aromatic carbocycles. The van der Waals surface area contributed by atoms with Gasteiger partial charge in [0.05, 0.1) is 30.5 Å². The average Bonchev–Trinajstić information content (AvgIpc) is 3.34. The summed E-state index contributed by atoms with van der Waals surface area (Å²) in [7, 11) is -8.63. The van der Waals surface area contributed by atoms with Gasteiger partial charge in [-0.05, 0) is 60.1 Å². The maximum Gasteiger partial charge on any atom is 0.231 e. The third-order valence-electron chi connectivity index (χ3n) is 10.8. The Labute approximate surface area is 423 Å². The number of likely N-dealkylation sites (N-methyl/N-ethyl adjacent to an activating group) is 1. The SMILES string of the molecule is CN1CCN(c2ncnc(Nc3cccc(CS(N)(=O)=O)c3)n2)CC1.NS(=O)(=O)Cc1cccc(Nc2ncnc(N3CCNCC3)n2)c1.NS(=O)(=O)Cc1cccc(Nc2ncnc(N3CCOCC3)n2)c1. The van der Waals surface area contributed by atoms with Crippen molar-refractivity contribution < 1.29 is 30.0 Å². The lowest BCUT2D eigenvalue weighted by Gasteiger charge is -2.32. The smallest absolute Gasteiger partial charge is 0.231 e. The number of rotatable bonds is 15. The molecule has 0 saturated carbocycles. The summed E-state index contributed by atoms with van der Waals surface area (Å²) in [5.74, 6) is 2.39. The van der Waals surface area contributed by atoms with Crippen molar-refractivity contribution in [3.63, 3.8) is 0 Å². The highest BCUT2D eigenvalue weighted by Crippen LogP contribution is 2.21. The zero-order valence-electron chi connectivity index (χ0n) is 39.9. The van der Waals surface area contributed by atoms with Crippen LogP contribution in [0.15, 0.2) is 91.8 Å². The highest BCUT2D eigenvalue weighted by Gasteiger charge is 2.19. The number of sulfonamides is 3. The Bertz CT molecular complexity index is 2970. The Balaban J connectivity index is 0.000000160. The third-order valence-corrected chi connectivity index (χ3v) is 13.0. The van der Waals surface area contributed by atoms with Gasteiger partial charge in [0.25, 0.3) is 0 Å². The maximum atomic E-state index is 11.2. The molecule has 0 bridgehead atoms. The summed E-state index contributed by atoms with van der Waals surface area (Å²) in [6.07, 6.45) is 4.37. The van der Waals surface area contributed by atoms with Crippen LogP contribution in [0, 0.1) is 0 Å². The normalized spacial score (nSPS) is 15.5. The standard InChI is InChI=1S/C15H21N7O2S.C14H19N7O2S.C14H18N6O3S/c1-21-5-7-22(8-6-21)15-18-11-17-14(20-15)19-13-4-2-3-12(9-13)10-25(16,23)24;15-24(22,23)9-11-2-1-3-12(8-11)19-13-17-10-18-14(20-13)21-6-4-16-5-7-21;15-24(21,22)9-11-2-1-3-12(8-11)18-13-16-10-17-14(19-13)20-4-6-23-7-5-20/h2-4,9,11H,5-8,10H2,1H3,(H2,16,23,24)(H,17,18,19,20);1-3,8,10,16H,4-7,9H2,(H2,15,22,23)(H,17,18,19,20);1-3,8,10H,4-7,9H2,(H2,15,21,22)(H,16,17,18,19). The van der Waals surface area contributed by atoms with Gasteiger partial charge in [0.2, 0.25) is 65.8 Å². The largest absolute Gasteiger partial charge is 0.378 e. The van der Waals surface area contributed by atoms with E-state index in [9.17, 15) is 25.3 Å². The van der Waals surface area contributed by atoms with E-state index in [1.807, 2.05) is 11.0 Å². The van der Waals surface area contributed by atoms with E-state index in [0.29, 0.717) is 82.7 Å². The van der Waals surface area contributed by atoms with Crippen LogP contribution in [0.5, 0.6) is 0 Å². The van der Waals surface area contributed by atoms with Crippen molar-refractivity contribution in [2.75, 3.05) is 116 Å². The molecule has 3 fully saturated rings. The number of hydrogen-bond acceptors (Lipinski definition) is 24. The molecule has 9 rings (SSSR count). The number of nitrogens with one attached hydrogen (secondary N) is 4. The van der Waals surface area contributed by atoms with E-state index in [0.717, 1.165) is 65.4 Å². The molecule has 27 nitrogen and oxygen atoms in total. The molecule has 0 aliphatic carbocycles. The Morgan fingerprint density at radius 2 is 0.836 bits per heavy atom. The first-order valence-corrected chi connectivity index (χ1v) is 27.9. The van der Waals surface area contributed by atoms with Crippen molar-refractivity contribution in [3.8, 4) is 0 Å². The van der Waals surface area contributed by atoms with Crippen molar-refractivity contribution in [2.24, 2.45) is 15.4 Å². The summed E-state index contributed by atoms with van der Waals surface area (Å²) >= 11 is 0. The summed E-state index contributed by atoms with van der Waals surface area (Å²) in [6.45, 7) is 9.87. The molecule has 6 heterocycles. The van der Waals surface area contributed by atoms with Gasteiger partial charge in [0, 0.05) is 82.5 Å². The van der Waals surface area contributed by atoms with Gasteiger partial charge in [-0.25, -0.2) is 70.6 Å². The second-order valence-electron chi connectivity index (χ2n) is 16.9. The van der Waals surface area contributed by atoms with Crippen LogP contribution in [0.25, 0.3) is 0 Å². The monoisotopic (exact) mass is 1060 g/mol. The summed E-state index contributed by atoms with van der Waals surface area (Å²) in [5, 5.41) is 27.7. The fourth-order valence-corrected chi connectivity index (χ4v) is 9.37. The molecule has 0 atom stereocenters. The molecule has 3 aliphatic rings. The van der Waals surface area contributed by atoms with Crippen LogP contribution >= 0.6 is 0 Å². The van der Waals surface area contributed by atoms with Gasteiger partial charge in [-0.15, -0.1) is 0 Å². The van der Waals surface area contributed by atoms with Crippen LogP contribution in [0.2, 0.25) is 0 Å². The van der Waals surface area contributed by atoms with Crippen molar-refractivity contribution >= 4 is 82.8 Å². The fraction of sp³-hybridized carbons (Fsp3) is 0.372. The molecule has 30 heteroatoms. The molecular weight excluding hydrogens is 1000 g/mol. The zero-order chi connectivity index (χ0) is 51.9. The number of anilines is 9. The van der Waals surface area contributed by atoms with Gasteiger partial charge in [0.1, 0.15) is 19.0 Å². The van der Waals surface area contributed by atoms with Gasteiger partial charge < -0.3 is 45.6 Å². The molecule has 73 heavy (non-hydrogen) atoms. The van der Waals surface area contributed by atoms with Crippen LogP contribution in [-0.4, -0.2) is 161 Å². The van der Waals surface area contributed by atoms with E-state index in [4.69, 9.17) is 20.2 Å². The lowest BCUT2D eigenvalue weighted by molar-refractivity contribution is 0.122. The number of nitrogens with zero attached hydrogens (tertiary/aromatic N) is 13. The van der Waals surface area contributed by atoms with Crippen LogP contribution in [0.4, 0.5) is 52.8 Å². The summed E-state index contributed by atoms with van der Waals surface area (Å²) in [6, 6.07) is 20.9. The lowest BCUT2D eigenvalue weighted by atomic mass is 10.2. The van der Waals surface area contributed by atoms with Crippen LogP contribution in [0.3, 0.4) is 0 Å². The number of ether oxygens (including phenoxy) is 1. The molecule has 0 amide bonds. The molecular formula is C43H58N20O7S3. The van der Waals surface area contributed by atoms with Crippen LogP contribution < -0.4 is 51.4 Å². The highest BCUT2D eigenvalue weighted by atomic mass is 32.2. The minimum Gasteiger partial charge on any atom is -0.378 e. The lowest BCUT2D eigenvalue weighted by Crippen LogP contribution is -2.45. The molecule has 10 N–H and O–H groups in total. The average molecular weight is 1060 g/mol. The topological polar surface area (TPSA) is 367 Å². The predicted molar refractivity (Wildman–Crippen MR) is 277 cm³/mol. The number of aromatic nitrogens is 9. The minimum atomic E-state index is -3.58. The molecule has 3 aromatic heterocycles. The minimum absolute atomic E-state index is 0.216. The molecule has 3 aliphatic heterocycles. The molecule has 0 unspecified atom stereocenters. The van der Waals surface area contributed by atoms with Crippen molar-refractivity contribution in [1.82, 2.24) is 55.1 Å². The van der Waals surface area contributed by atoms with E-state index >= 15 is 0 Å². The molecule has 6 aromatic rings. The first-order chi connectivity index (χ1) is 34.9. The van der Waals surface area contributed by atoms with E-state index in [1.165, 1.54) is 19.0 Å². The van der Waals surface area contributed by atoms with E-state index < -0.39 is 30.1 Å². The Hall–Kier alpha value is -6.90. The Morgan fingerprint density at radius 3 is 1.19 bits per heavy atom. The quantitative estimate of drug-likeness (QED) is 0.0722. The summed E-state index contributed by atoms with van der Waals surface area (Å²) in [4.78, 5) is 46.7. The first-order valence-electron chi connectivity index (χ1n) is 22.8. The number of piperazine rings is 2. The van der Waals surface area contributed by atoms with E-state index in [-0.39, 0.29) is 17.3 Å². The first kappa shape index (κ1) is 53.9. The number of morpholine rings is 1. The number of primary sulfonamides is 3. The van der Waals surface area contributed by atoms with Gasteiger partial charge in [-0.2, -0.15) is 15.0 Å². The number of hydrogen-bond donors (Lipinski definition) is 7. The van der Waals surface area contributed by atoms with E-state index in [2.05, 4.69) is 87.9 Å². The van der Waals surface area contributed by atoms with Gasteiger partial charge in [-0.1, -0.05) is 36.4 Å². The van der Waals surface area contributed by atoms with Gasteiger partial charge >= 0.3 is 0 Å². The number of benzene rings is 3. The molecule has 390 valence electrons. The maximum absolute atomic E-state index is 11.2. The van der Waals surface area contributed by atoms with E-state index in [1.54, 1.807) is 66.7 Å². The van der Waals surface area contributed by atoms with Gasteiger partial charge in [0.15, 0.2) is 0 Å². The summed E-state index contributed by atoms with van der Waals surface area (Å²) in [5.41, 5.74) is 3.84. The van der Waals surface area contributed by atoms with Crippen LogP contribution in [0.1, 0.15) is 16.7 Å². The Kier molecular flexibility index (Phi) is 18.6. The number of nitrogens with two attached hydrogens (primary N) is 3. The van der Waals surface area contributed by atoms with Crippen molar-refractivity contribution in [3.05, 3.63) is 108 Å². The van der Waals surface area contributed by atoms with Crippen LogP contribution in [-0.2, 0) is 52.1 Å². The molecule has 0 radical (unpaired) electrons. The highest BCUT2D eigenvalue weighted by molar-refractivity contribution is 7.88.